The minimum atomic E-state index is -2.74. The highest BCUT2D eigenvalue weighted by molar-refractivity contribution is 9.09. The molecule has 1 saturated heterocycles. The lowest BCUT2D eigenvalue weighted by Crippen LogP contribution is -2.19. The van der Waals surface area contributed by atoms with E-state index in [1.54, 1.807) is 7.11 Å². The van der Waals surface area contributed by atoms with Crippen LogP contribution in [0.15, 0.2) is 0 Å². The molecule has 3 nitrogen and oxygen atoms in total. The van der Waals surface area contributed by atoms with E-state index >= 15 is 0 Å². The Balaban J connectivity index is 2.46. The van der Waals surface area contributed by atoms with Crippen LogP contribution in [0.4, 0.5) is 0 Å². The molecule has 0 spiro atoms. The average molecular weight is 285 g/mol. The smallest absolute Gasteiger partial charge is 0.150 e. The third-order valence-corrected chi connectivity index (χ3v) is 5.45. The summed E-state index contributed by atoms with van der Waals surface area (Å²) >= 11 is 3.44. The van der Waals surface area contributed by atoms with E-state index in [1.807, 2.05) is 0 Å². The molecule has 1 rings (SSSR count). The van der Waals surface area contributed by atoms with Crippen LogP contribution in [0, 0.1) is 11.8 Å². The second kappa shape index (κ2) is 5.47. The van der Waals surface area contributed by atoms with Crippen molar-refractivity contribution < 1.29 is 13.2 Å². The van der Waals surface area contributed by atoms with Crippen LogP contribution in [0.1, 0.15) is 12.8 Å². The van der Waals surface area contributed by atoms with Crippen molar-refractivity contribution in [3.63, 3.8) is 0 Å². The monoisotopic (exact) mass is 284 g/mol. The first kappa shape index (κ1) is 12.5. The Morgan fingerprint density at radius 1 is 1.57 bits per heavy atom. The number of hydrogen-bond donors (Lipinski definition) is 0. The van der Waals surface area contributed by atoms with E-state index in [1.165, 1.54) is 0 Å². The number of sulfone groups is 1. The lowest BCUT2D eigenvalue weighted by atomic mass is 9.91. The first-order valence-electron chi connectivity index (χ1n) is 4.84. The van der Waals surface area contributed by atoms with Crippen LogP contribution in [-0.4, -0.2) is 39.0 Å². The van der Waals surface area contributed by atoms with Gasteiger partial charge in [0, 0.05) is 19.0 Å². The van der Waals surface area contributed by atoms with Crippen molar-refractivity contribution in [2.45, 2.75) is 12.8 Å². The predicted octanol–water partition coefficient (Wildman–Crippen LogP) is 1.47. The van der Waals surface area contributed by atoms with Crippen molar-refractivity contribution >= 4 is 25.8 Å². The summed E-state index contributed by atoms with van der Waals surface area (Å²) in [4.78, 5) is 0. The summed E-state index contributed by atoms with van der Waals surface area (Å²) in [7, 11) is -1.06. The highest BCUT2D eigenvalue weighted by Crippen LogP contribution is 2.29. The fraction of sp³-hybridized carbons (Fsp3) is 1.00. The normalized spacial score (nSPS) is 27.7. The molecule has 1 heterocycles. The van der Waals surface area contributed by atoms with Gasteiger partial charge in [-0.2, -0.15) is 0 Å². The van der Waals surface area contributed by atoms with Gasteiger partial charge in [-0.25, -0.2) is 8.42 Å². The summed E-state index contributed by atoms with van der Waals surface area (Å²) in [6.45, 7) is 0.715. The number of methoxy groups -OCH3 is 1. The van der Waals surface area contributed by atoms with Gasteiger partial charge in [0.2, 0.25) is 0 Å². The molecule has 0 radical (unpaired) electrons. The molecular formula is C9H17BrO3S. The van der Waals surface area contributed by atoms with Crippen LogP contribution < -0.4 is 0 Å². The highest BCUT2D eigenvalue weighted by Gasteiger charge is 2.32. The number of ether oxygens (including phenoxy) is 1. The summed E-state index contributed by atoms with van der Waals surface area (Å²) in [6, 6.07) is 0. The molecule has 5 heteroatoms. The van der Waals surface area contributed by atoms with E-state index < -0.39 is 9.84 Å². The van der Waals surface area contributed by atoms with Gasteiger partial charge in [-0.05, 0) is 24.7 Å². The molecule has 0 aliphatic carbocycles. The molecule has 1 aliphatic rings. The molecule has 0 N–H and O–H groups in total. The predicted molar refractivity (Wildman–Crippen MR) is 60.5 cm³/mol. The Morgan fingerprint density at radius 3 is 2.71 bits per heavy atom. The summed E-state index contributed by atoms with van der Waals surface area (Å²) in [6.07, 6.45) is 1.77. The van der Waals surface area contributed by atoms with Gasteiger partial charge in [-0.1, -0.05) is 15.9 Å². The van der Waals surface area contributed by atoms with Crippen molar-refractivity contribution in [1.82, 2.24) is 0 Å². The molecule has 14 heavy (non-hydrogen) atoms. The fourth-order valence-electron chi connectivity index (χ4n) is 1.90. The van der Waals surface area contributed by atoms with Gasteiger partial charge < -0.3 is 4.74 Å². The third kappa shape index (κ3) is 3.51. The summed E-state index contributed by atoms with van der Waals surface area (Å²) in [5, 5.41) is 0.872. The molecule has 0 amide bonds. The molecular weight excluding hydrogens is 268 g/mol. The molecule has 0 aromatic rings. The van der Waals surface area contributed by atoms with Gasteiger partial charge in [-0.15, -0.1) is 0 Å². The average Bonchev–Trinajstić information content (AvgIpc) is 2.48. The molecule has 1 fully saturated rings. The van der Waals surface area contributed by atoms with E-state index in [4.69, 9.17) is 4.74 Å². The summed E-state index contributed by atoms with van der Waals surface area (Å²) < 4.78 is 27.6. The lowest BCUT2D eigenvalue weighted by molar-refractivity contribution is 0.170. The van der Waals surface area contributed by atoms with Gasteiger partial charge in [0.05, 0.1) is 11.5 Å². The zero-order valence-electron chi connectivity index (χ0n) is 8.41. The molecule has 2 unspecified atom stereocenters. The highest BCUT2D eigenvalue weighted by atomic mass is 79.9. The van der Waals surface area contributed by atoms with Crippen LogP contribution in [0.25, 0.3) is 0 Å². The van der Waals surface area contributed by atoms with Crippen molar-refractivity contribution in [3.05, 3.63) is 0 Å². The molecule has 0 aromatic carbocycles. The maximum atomic E-state index is 11.3. The van der Waals surface area contributed by atoms with Gasteiger partial charge in [0.1, 0.15) is 0 Å². The number of rotatable bonds is 5. The largest absolute Gasteiger partial charge is 0.385 e. The van der Waals surface area contributed by atoms with Gasteiger partial charge in [-0.3, -0.25) is 0 Å². The van der Waals surface area contributed by atoms with E-state index in [2.05, 4.69) is 15.9 Å². The Labute approximate surface area is 94.3 Å². The van der Waals surface area contributed by atoms with Gasteiger partial charge in [0.25, 0.3) is 0 Å². The maximum Gasteiger partial charge on any atom is 0.150 e. The second-order valence-electron chi connectivity index (χ2n) is 3.86. The fourth-order valence-corrected chi connectivity index (χ4v) is 4.68. The summed E-state index contributed by atoms with van der Waals surface area (Å²) in [5.41, 5.74) is 0. The minimum Gasteiger partial charge on any atom is -0.385 e. The summed E-state index contributed by atoms with van der Waals surface area (Å²) in [5.74, 6) is 1.50. The molecule has 0 saturated carbocycles. The molecule has 84 valence electrons. The molecule has 0 aromatic heterocycles. The number of halogens is 1. The second-order valence-corrected chi connectivity index (χ2v) is 6.74. The molecule has 0 bridgehead atoms. The van der Waals surface area contributed by atoms with E-state index in [-0.39, 0.29) is 0 Å². The van der Waals surface area contributed by atoms with Crippen LogP contribution in [0.5, 0.6) is 0 Å². The third-order valence-electron chi connectivity index (χ3n) is 2.83. The van der Waals surface area contributed by atoms with Crippen LogP contribution in [0.2, 0.25) is 0 Å². The van der Waals surface area contributed by atoms with Crippen LogP contribution in [0.3, 0.4) is 0 Å². The van der Waals surface area contributed by atoms with Crippen molar-refractivity contribution in [2.24, 2.45) is 11.8 Å². The molecule has 1 aliphatic heterocycles. The van der Waals surface area contributed by atoms with Crippen LogP contribution >= 0.6 is 15.9 Å². The number of alkyl halides is 1. The first-order chi connectivity index (χ1) is 6.59. The van der Waals surface area contributed by atoms with Gasteiger partial charge >= 0.3 is 0 Å². The lowest BCUT2D eigenvalue weighted by Gasteiger charge is -2.19. The van der Waals surface area contributed by atoms with Crippen molar-refractivity contribution in [3.8, 4) is 0 Å². The van der Waals surface area contributed by atoms with Gasteiger partial charge in [0.15, 0.2) is 9.84 Å². The SMILES string of the molecule is COCCC(CBr)C1CCS(=O)(=O)C1. The number of hydrogen-bond acceptors (Lipinski definition) is 3. The van der Waals surface area contributed by atoms with E-state index in [9.17, 15) is 8.42 Å². The van der Waals surface area contributed by atoms with E-state index in [0.29, 0.717) is 29.9 Å². The quantitative estimate of drug-likeness (QED) is 0.718. The molecule has 2 atom stereocenters. The topological polar surface area (TPSA) is 43.4 Å². The van der Waals surface area contributed by atoms with E-state index in [0.717, 1.165) is 18.2 Å². The Hall–Kier alpha value is 0.390. The zero-order chi connectivity index (χ0) is 10.6. The van der Waals surface area contributed by atoms with Crippen LogP contribution in [-0.2, 0) is 14.6 Å². The van der Waals surface area contributed by atoms with Crippen molar-refractivity contribution in [1.29, 1.82) is 0 Å². The maximum absolute atomic E-state index is 11.3. The first-order valence-corrected chi connectivity index (χ1v) is 7.78. The Kier molecular flexibility index (Phi) is 4.87. The minimum absolute atomic E-state index is 0.328. The van der Waals surface area contributed by atoms with Crippen molar-refractivity contribution in [2.75, 3.05) is 30.6 Å². The Morgan fingerprint density at radius 2 is 2.29 bits per heavy atom. The Bertz CT molecular complexity index is 263. The standard InChI is InChI=1S/C9H17BrO3S/c1-13-4-2-8(6-10)9-3-5-14(11,12)7-9/h8-9H,2-7H2,1H3. The zero-order valence-corrected chi connectivity index (χ0v) is 10.8.